The number of rotatable bonds is 13. The van der Waals surface area contributed by atoms with Gasteiger partial charge in [-0.3, -0.25) is 4.90 Å². The van der Waals surface area contributed by atoms with Gasteiger partial charge in [-0.25, -0.2) is 21.6 Å². The first-order valence-electron chi connectivity index (χ1n) is 11.9. The molecule has 0 radical (unpaired) electrons. The average Bonchev–Trinajstić information content (AvgIpc) is 3.36. The fraction of sp³-hybridized carbons (Fsp3) is 0.440. The van der Waals surface area contributed by atoms with Gasteiger partial charge in [-0.15, -0.1) is 0 Å². The van der Waals surface area contributed by atoms with E-state index in [-0.39, 0.29) is 23.9 Å². The maximum absolute atomic E-state index is 13.1. The lowest BCUT2D eigenvalue weighted by Crippen LogP contribution is -2.32. The highest BCUT2D eigenvalue weighted by Crippen LogP contribution is 2.29. The van der Waals surface area contributed by atoms with Gasteiger partial charge in [0.1, 0.15) is 0 Å². The molecule has 0 spiro atoms. The molecule has 1 heterocycles. The minimum absolute atomic E-state index is 0.134. The molecule has 8 nitrogen and oxygen atoms in total. The normalized spacial score (nSPS) is 17.2. The smallest absolute Gasteiger partial charge is 0.383 e. The number of nitrogens with zero attached hydrogens (tertiary/aromatic N) is 2. The van der Waals surface area contributed by atoms with Gasteiger partial charge in [0.15, 0.2) is 0 Å². The number of ether oxygens (including phenoxy) is 1. The van der Waals surface area contributed by atoms with Gasteiger partial charge in [0.05, 0.1) is 17.1 Å². The largest absolute Gasteiger partial charge is 0.416 e. The van der Waals surface area contributed by atoms with E-state index >= 15 is 0 Å². The van der Waals surface area contributed by atoms with Crippen molar-refractivity contribution in [3.63, 3.8) is 0 Å². The summed E-state index contributed by atoms with van der Waals surface area (Å²) in [7, 11) is -5.75. The quantitative estimate of drug-likeness (QED) is 0.393. The summed E-state index contributed by atoms with van der Waals surface area (Å²) < 4.78 is 96.9. The van der Waals surface area contributed by atoms with Crippen LogP contribution in [0.15, 0.2) is 65.4 Å². The van der Waals surface area contributed by atoms with E-state index in [1.165, 1.54) is 28.6 Å². The number of nitrogens with one attached hydrogen (secondary N) is 1. The molecule has 1 saturated heterocycles. The van der Waals surface area contributed by atoms with Crippen LogP contribution in [0.3, 0.4) is 0 Å². The summed E-state index contributed by atoms with van der Waals surface area (Å²) in [5, 5.41) is 0.817. The summed E-state index contributed by atoms with van der Waals surface area (Å²) in [5.74, 6) is -0.140. The van der Waals surface area contributed by atoms with Crippen molar-refractivity contribution in [2.45, 2.75) is 30.6 Å². The molecule has 0 saturated carbocycles. The lowest BCUT2D eigenvalue weighted by Gasteiger charge is -2.23. The number of hydrogen-bond acceptors (Lipinski definition) is 6. The lowest BCUT2D eigenvalue weighted by molar-refractivity contribution is -0.137. The predicted molar refractivity (Wildman–Crippen MR) is 138 cm³/mol. The topological polar surface area (TPSA) is 96.0 Å². The number of sulfonamides is 2. The van der Waals surface area contributed by atoms with Gasteiger partial charge in [-0.05, 0) is 47.7 Å². The highest BCUT2D eigenvalue weighted by Gasteiger charge is 2.33. The van der Waals surface area contributed by atoms with Crippen LogP contribution in [0.2, 0.25) is 0 Å². The van der Waals surface area contributed by atoms with Gasteiger partial charge in [0.25, 0.3) is 0 Å². The Balaban J connectivity index is 1.64. The molecular weight excluding hydrogens is 543 g/mol. The zero-order chi connectivity index (χ0) is 28.0. The van der Waals surface area contributed by atoms with Gasteiger partial charge in [0, 0.05) is 51.8 Å². The number of hydrogen-bond donors (Lipinski definition) is 1. The third-order valence-corrected chi connectivity index (χ3v) is 9.19. The third kappa shape index (κ3) is 8.35. The Morgan fingerprint density at radius 1 is 1.05 bits per heavy atom. The third-order valence-electron chi connectivity index (χ3n) is 6.31. The van der Waals surface area contributed by atoms with Crippen LogP contribution >= 0.6 is 0 Å². The van der Waals surface area contributed by atoms with E-state index in [9.17, 15) is 30.0 Å². The van der Waals surface area contributed by atoms with Crippen molar-refractivity contribution in [2.24, 2.45) is 5.92 Å². The highest BCUT2D eigenvalue weighted by atomic mass is 32.2. The van der Waals surface area contributed by atoms with Gasteiger partial charge in [-0.2, -0.15) is 17.5 Å². The van der Waals surface area contributed by atoms with Crippen molar-refractivity contribution in [3.8, 4) is 0 Å². The molecule has 1 atom stereocenters. The molecule has 0 aliphatic carbocycles. The molecule has 1 fully saturated rings. The van der Waals surface area contributed by atoms with Crippen LogP contribution in [0.1, 0.15) is 23.1 Å². The minimum atomic E-state index is -4.39. The van der Waals surface area contributed by atoms with Crippen molar-refractivity contribution in [2.75, 3.05) is 39.9 Å². The van der Waals surface area contributed by atoms with Crippen LogP contribution in [0.5, 0.6) is 0 Å². The van der Waals surface area contributed by atoms with Crippen LogP contribution in [0.25, 0.3) is 0 Å². The number of halogens is 3. The van der Waals surface area contributed by atoms with Gasteiger partial charge in [-0.1, -0.05) is 30.8 Å². The minimum Gasteiger partial charge on any atom is -0.383 e. The van der Waals surface area contributed by atoms with Crippen LogP contribution in [-0.2, 0) is 44.0 Å². The first-order valence-corrected chi connectivity index (χ1v) is 14.9. The van der Waals surface area contributed by atoms with Crippen molar-refractivity contribution in [1.82, 2.24) is 13.9 Å². The van der Waals surface area contributed by atoms with Crippen LogP contribution in [-0.4, -0.2) is 65.9 Å². The fourth-order valence-corrected chi connectivity index (χ4v) is 6.26. The summed E-state index contributed by atoms with van der Waals surface area (Å²) in [6, 6.07) is 11.5. The van der Waals surface area contributed by atoms with Crippen molar-refractivity contribution < 1.29 is 34.7 Å². The molecule has 3 rings (SSSR count). The Hall–Kier alpha value is -2.29. The average molecular weight is 576 g/mol. The standard InChI is InChI=1S/C25H32F3N3O5S2/c1-3-37(32,33)29-16-22-12-13-31(19-22)38(34,35)24-10-6-21(7-11-24)18-30(14-15-36-2)17-20-4-8-23(9-5-20)25(26,27)28/h3-11,22,29H,1,12-19H2,2H3. The fourth-order valence-electron chi connectivity index (χ4n) is 4.14. The SMILES string of the molecule is C=CS(=O)(=O)NCC1CCN(S(=O)(=O)c2ccc(CN(CCOC)Cc3ccc(C(F)(F)F)cc3)cc2)C1. The van der Waals surface area contributed by atoms with Crippen LogP contribution in [0.4, 0.5) is 13.2 Å². The number of methoxy groups -OCH3 is 1. The first kappa shape index (κ1) is 30.3. The molecule has 1 aliphatic heterocycles. The summed E-state index contributed by atoms with van der Waals surface area (Å²) in [6.07, 6.45) is -3.86. The second-order valence-corrected chi connectivity index (χ2v) is 12.8. The molecule has 2 aromatic carbocycles. The van der Waals surface area contributed by atoms with Crippen molar-refractivity contribution in [1.29, 1.82) is 0 Å². The van der Waals surface area contributed by atoms with Gasteiger partial charge >= 0.3 is 6.18 Å². The predicted octanol–water partition coefficient (Wildman–Crippen LogP) is 3.43. The van der Waals surface area contributed by atoms with E-state index in [2.05, 4.69) is 11.3 Å². The van der Waals surface area contributed by atoms with E-state index in [4.69, 9.17) is 4.74 Å². The Morgan fingerprint density at radius 2 is 1.63 bits per heavy atom. The monoisotopic (exact) mass is 575 g/mol. The van der Waals surface area contributed by atoms with Crippen LogP contribution < -0.4 is 4.72 Å². The van der Waals surface area contributed by atoms with E-state index in [0.29, 0.717) is 44.8 Å². The van der Waals surface area contributed by atoms with E-state index in [1.54, 1.807) is 19.2 Å². The van der Waals surface area contributed by atoms with Crippen LogP contribution in [0, 0.1) is 5.92 Å². The Kier molecular flexibility index (Phi) is 10.1. The second kappa shape index (κ2) is 12.7. The maximum Gasteiger partial charge on any atom is 0.416 e. The second-order valence-electron chi connectivity index (χ2n) is 9.12. The summed E-state index contributed by atoms with van der Waals surface area (Å²) in [5.41, 5.74) is 0.848. The lowest BCUT2D eigenvalue weighted by atomic mass is 10.1. The van der Waals surface area contributed by atoms with E-state index < -0.39 is 31.8 Å². The summed E-state index contributed by atoms with van der Waals surface area (Å²) in [4.78, 5) is 2.14. The van der Waals surface area contributed by atoms with Gasteiger partial charge in [0.2, 0.25) is 20.0 Å². The zero-order valence-corrected chi connectivity index (χ0v) is 22.7. The molecule has 0 amide bonds. The zero-order valence-electron chi connectivity index (χ0n) is 21.0. The van der Waals surface area contributed by atoms with Crippen molar-refractivity contribution in [3.05, 3.63) is 77.2 Å². The molecule has 210 valence electrons. The molecule has 0 bridgehead atoms. The molecule has 0 aromatic heterocycles. The van der Waals surface area contributed by atoms with Crippen molar-refractivity contribution >= 4 is 20.0 Å². The number of benzene rings is 2. The highest BCUT2D eigenvalue weighted by molar-refractivity contribution is 7.92. The summed E-state index contributed by atoms with van der Waals surface area (Å²) in [6.45, 7) is 5.67. The maximum atomic E-state index is 13.1. The van der Waals surface area contributed by atoms with E-state index in [1.807, 2.05) is 4.90 Å². The molecule has 38 heavy (non-hydrogen) atoms. The Bertz CT molecular complexity index is 1280. The molecule has 2 aromatic rings. The number of alkyl halides is 3. The molecule has 1 aliphatic rings. The molecule has 1 unspecified atom stereocenters. The first-order chi connectivity index (χ1) is 17.8. The summed E-state index contributed by atoms with van der Waals surface area (Å²) >= 11 is 0. The van der Waals surface area contributed by atoms with Gasteiger partial charge < -0.3 is 4.74 Å². The molecule has 13 heteroatoms. The molecule has 1 N–H and O–H groups in total. The Labute approximate surface area is 222 Å². The van der Waals surface area contributed by atoms with E-state index in [0.717, 1.165) is 23.1 Å². The molecular formula is C25H32F3N3O5S2. The Morgan fingerprint density at radius 3 is 2.16 bits per heavy atom.